The highest BCUT2D eigenvalue weighted by Gasteiger charge is 2.11. The van der Waals surface area contributed by atoms with Gasteiger partial charge in [-0.1, -0.05) is 233 Å². The molecule has 0 aliphatic carbocycles. The van der Waals surface area contributed by atoms with Crippen molar-refractivity contribution in [1.82, 2.24) is 0 Å². The van der Waals surface area contributed by atoms with Crippen molar-refractivity contribution in [2.24, 2.45) is 5.92 Å². The molecule has 0 fully saturated rings. The van der Waals surface area contributed by atoms with Crippen molar-refractivity contribution < 1.29 is 0 Å². The Morgan fingerprint density at radius 3 is 0.718 bits per heavy atom. The third kappa shape index (κ3) is 34.1. The molecule has 0 aromatic heterocycles. The number of hydrogen-bond donors (Lipinski definition) is 0. The second kappa shape index (κ2) is 34.2. The highest BCUT2D eigenvalue weighted by Crippen LogP contribution is 2.26. The molecule has 1 unspecified atom stereocenters. The largest absolute Gasteiger partial charge is 0.0654 e. The molecule has 0 bridgehead atoms. The van der Waals surface area contributed by atoms with Gasteiger partial charge in [0.15, 0.2) is 0 Å². The van der Waals surface area contributed by atoms with Gasteiger partial charge in [0.1, 0.15) is 0 Å². The lowest BCUT2D eigenvalue weighted by atomic mass is 9.87. The lowest BCUT2D eigenvalue weighted by molar-refractivity contribution is 0.386. The molecule has 0 heteroatoms. The Labute approximate surface area is 251 Å². The van der Waals surface area contributed by atoms with Gasteiger partial charge >= 0.3 is 0 Å². The van der Waals surface area contributed by atoms with Crippen LogP contribution in [0.15, 0.2) is 0 Å². The fraction of sp³-hybridized carbons (Fsp3) is 0.974. The molecular formula is C39H79. The molecular weight excluding hydrogens is 468 g/mol. The van der Waals surface area contributed by atoms with E-state index in [9.17, 15) is 0 Å². The Kier molecular flexibility index (Phi) is 34.2. The summed E-state index contributed by atoms with van der Waals surface area (Å²) in [5, 5.41) is 0. The summed E-state index contributed by atoms with van der Waals surface area (Å²) in [7, 11) is 0. The molecule has 0 nitrogen and oxygen atoms in total. The van der Waals surface area contributed by atoms with Gasteiger partial charge in [-0.15, -0.1) is 0 Å². The van der Waals surface area contributed by atoms with E-state index in [4.69, 9.17) is 0 Å². The topological polar surface area (TPSA) is 0 Å². The summed E-state index contributed by atoms with van der Waals surface area (Å²) in [5.74, 6) is 2.63. The van der Waals surface area contributed by atoms with E-state index in [0.717, 1.165) is 5.92 Å². The zero-order chi connectivity index (χ0) is 28.5. The number of rotatable bonds is 34. The van der Waals surface area contributed by atoms with Crippen LogP contribution >= 0.6 is 0 Å². The summed E-state index contributed by atoms with van der Waals surface area (Å²) in [5.41, 5.74) is 0. The Morgan fingerprint density at radius 1 is 0.308 bits per heavy atom. The lowest BCUT2D eigenvalue weighted by Gasteiger charge is -2.19. The normalized spacial score (nSPS) is 12.5. The van der Waals surface area contributed by atoms with Gasteiger partial charge in [0.05, 0.1) is 0 Å². The number of unbranched alkanes of at least 4 members (excludes halogenated alkanes) is 28. The summed E-state index contributed by atoms with van der Waals surface area (Å²) in [6.45, 7) is 9.33. The van der Waals surface area contributed by atoms with Crippen molar-refractivity contribution in [3.05, 3.63) is 5.92 Å². The minimum atomic E-state index is 0.971. The van der Waals surface area contributed by atoms with E-state index in [1.165, 1.54) is 212 Å². The molecule has 0 heterocycles. The van der Waals surface area contributed by atoms with Gasteiger partial charge in [0, 0.05) is 0 Å². The summed E-state index contributed by atoms with van der Waals surface area (Å²) in [4.78, 5) is 0. The first kappa shape index (κ1) is 39.0. The van der Waals surface area contributed by atoms with Crippen LogP contribution in [0.1, 0.15) is 240 Å². The predicted octanol–water partition coefficient (Wildman–Crippen LogP) is 15.1. The summed E-state index contributed by atoms with van der Waals surface area (Å²) >= 11 is 0. The Hall–Kier alpha value is 0. The smallest absolute Gasteiger partial charge is 0.0300 e. The Balaban J connectivity index is 3.47. The van der Waals surface area contributed by atoms with Crippen LogP contribution < -0.4 is 0 Å². The maximum atomic E-state index is 2.35. The summed E-state index contributed by atoms with van der Waals surface area (Å²) in [6.07, 6.45) is 48.5. The average molecular weight is 548 g/mol. The fourth-order valence-corrected chi connectivity index (χ4v) is 6.53. The van der Waals surface area contributed by atoms with Crippen molar-refractivity contribution >= 4 is 0 Å². The molecule has 0 spiro atoms. The SMILES string of the molecule is CCCCCCCCCCCCCCCCCCC(CCCCCCCCCCCCCCCC)C[C](C)C. The molecule has 0 aromatic carbocycles. The third-order valence-corrected chi connectivity index (χ3v) is 9.13. The van der Waals surface area contributed by atoms with Crippen LogP contribution in [0.2, 0.25) is 0 Å². The predicted molar refractivity (Wildman–Crippen MR) is 182 cm³/mol. The maximum absolute atomic E-state index is 2.35. The molecule has 39 heavy (non-hydrogen) atoms. The van der Waals surface area contributed by atoms with Crippen LogP contribution in [0, 0.1) is 11.8 Å². The quantitative estimate of drug-likeness (QED) is 0.0702. The molecule has 0 aliphatic rings. The minimum Gasteiger partial charge on any atom is -0.0654 e. The van der Waals surface area contributed by atoms with Crippen LogP contribution in [-0.4, -0.2) is 0 Å². The molecule has 1 radical (unpaired) electrons. The fourth-order valence-electron chi connectivity index (χ4n) is 6.53. The Bertz CT molecular complexity index is 410. The molecule has 235 valence electrons. The molecule has 0 aromatic rings. The zero-order valence-corrected chi connectivity index (χ0v) is 28.4. The molecule has 0 saturated heterocycles. The van der Waals surface area contributed by atoms with Gasteiger partial charge in [-0.3, -0.25) is 0 Å². The van der Waals surface area contributed by atoms with Gasteiger partial charge in [-0.05, 0) is 18.3 Å². The van der Waals surface area contributed by atoms with Crippen LogP contribution in [-0.2, 0) is 0 Å². The molecule has 0 N–H and O–H groups in total. The van der Waals surface area contributed by atoms with Crippen LogP contribution in [0.3, 0.4) is 0 Å². The van der Waals surface area contributed by atoms with Crippen molar-refractivity contribution in [1.29, 1.82) is 0 Å². The van der Waals surface area contributed by atoms with Crippen molar-refractivity contribution in [3.63, 3.8) is 0 Å². The maximum Gasteiger partial charge on any atom is -0.0300 e. The summed E-state index contributed by atoms with van der Waals surface area (Å²) < 4.78 is 0. The van der Waals surface area contributed by atoms with E-state index in [0.29, 0.717) is 0 Å². The van der Waals surface area contributed by atoms with Crippen LogP contribution in [0.4, 0.5) is 0 Å². The Morgan fingerprint density at radius 2 is 0.513 bits per heavy atom. The van der Waals surface area contributed by atoms with Crippen LogP contribution in [0.5, 0.6) is 0 Å². The van der Waals surface area contributed by atoms with Crippen molar-refractivity contribution in [2.45, 2.75) is 240 Å². The van der Waals surface area contributed by atoms with E-state index in [1.54, 1.807) is 5.92 Å². The van der Waals surface area contributed by atoms with Gasteiger partial charge in [0.2, 0.25) is 0 Å². The average Bonchev–Trinajstić information content (AvgIpc) is 2.92. The van der Waals surface area contributed by atoms with Crippen molar-refractivity contribution in [3.8, 4) is 0 Å². The first-order chi connectivity index (χ1) is 19.2. The van der Waals surface area contributed by atoms with E-state index in [1.807, 2.05) is 0 Å². The highest BCUT2D eigenvalue weighted by atomic mass is 14.2. The molecule has 0 amide bonds. The standard InChI is InChI=1S/C39H79/c1-5-7-9-11-13-15-17-19-21-22-24-26-28-30-32-34-36-39(37-38(3)4)35-33-31-29-27-25-23-20-18-16-14-12-10-8-6-2/h39H,5-37H2,1-4H3. The second-order valence-electron chi connectivity index (χ2n) is 13.8. The minimum absolute atomic E-state index is 0.971. The van der Waals surface area contributed by atoms with E-state index in [2.05, 4.69) is 27.7 Å². The van der Waals surface area contributed by atoms with Gasteiger partial charge in [0.25, 0.3) is 0 Å². The molecule has 1 atom stereocenters. The number of hydrogen-bond acceptors (Lipinski definition) is 0. The van der Waals surface area contributed by atoms with Gasteiger partial charge in [-0.2, -0.15) is 0 Å². The molecule has 0 aliphatic heterocycles. The van der Waals surface area contributed by atoms with E-state index < -0.39 is 0 Å². The van der Waals surface area contributed by atoms with E-state index >= 15 is 0 Å². The second-order valence-corrected chi connectivity index (χ2v) is 13.8. The third-order valence-electron chi connectivity index (χ3n) is 9.13. The zero-order valence-electron chi connectivity index (χ0n) is 28.4. The highest BCUT2D eigenvalue weighted by molar-refractivity contribution is 4.81. The first-order valence-electron chi connectivity index (χ1n) is 19.0. The van der Waals surface area contributed by atoms with Crippen molar-refractivity contribution in [2.75, 3.05) is 0 Å². The van der Waals surface area contributed by atoms with Gasteiger partial charge in [-0.25, -0.2) is 0 Å². The van der Waals surface area contributed by atoms with E-state index in [-0.39, 0.29) is 0 Å². The van der Waals surface area contributed by atoms with Crippen LogP contribution in [0.25, 0.3) is 0 Å². The molecule has 0 saturated carbocycles. The van der Waals surface area contributed by atoms with Gasteiger partial charge < -0.3 is 0 Å². The summed E-state index contributed by atoms with van der Waals surface area (Å²) in [6, 6.07) is 0. The monoisotopic (exact) mass is 548 g/mol. The lowest BCUT2D eigenvalue weighted by Crippen LogP contribution is -2.04. The molecule has 0 rings (SSSR count). The first-order valence-corrected chi connectivity index (χ1v) is 19.0.